The number of nitrogen functional groups attached to an aromatic ring is 1. The molecule has 4 aromatic rings. The van der Waals surface area contributed by atoms with Gasteiger partial charge in [-0.1, -0.05) is 0 Å². The molecule has 7 heterocycles. The number of ether oxygens (including phenoxy) is 2. The van der Waals surface area contributed by atoms with Crippen LogP contribution in [-0.4, -0.2) is 77.2 Å². The summed E-state index contributed by atoms with van der Waals surface area (Å²) in [5.74, 6) is -3.94. The van der Waals surface area contributed by atoms with Gasteiger partial charge < -0.3 is 25.4 Å². The number of likely N-dealkylation sites (N-methyl/N-ethyl adjacent to an activating group) is 1. The third kappa shape index (κ3) is 4.26. The molecule has 3 aromatic heterocycles. The fourth-order valence-electron chi connectivity index (χ4n) is 7.38. The molecule has 10 nitrogen and oxygen atoms in total. The second kappa shape index (κ2) is 10.3. The molecule has 3 fully saturated rings. The first-order valence-electron chi connectivity index (χ1n) is 14.8. The summed E-state index contributed by atoms with van der Waals surface area (Å²) in [5.41, 5.74) is 7.23. The topological polar surface area (TPSA) is 125 Å². The monoisotopic (exact) mass is 640 g/mol. The van der Waals surface area contributed by atoms with Gasteiger partial charge in [-0.05, 0) is 31.0 Å². The number of rotatable bonds is 5. The molecule has 2 bridgehead atoms. The van der Waals surface area contributed by atoms with Gasteiger partial charge in [-0.2, -0.15) is 15.2 Å². The van der Waals surface area contributed by atoms with Gasteiger partial charge in [0.05, 0.1) is 40.8 Å². The van der Waals surface area contributed by atoms with Crippen LogP contribution >= 0.6 is 11.3 Å². The summed E-state index contributed by atoms with van der Waals surface area (Å²) in [6.45, 7) is 1.45. The van der Waals surface area contributed by atoms with E-state index in [2.05, 4.69) is 20.2 Å². The van der Waals surface area contributed by atoms with E-state index < -0.39 is 23.6 Å². The number of alkyl halides is 2. The Hall–Kier alpha value is -3.84. The summed E-state index contributed by atoms with van der Waals surface area (Å²) < 4.78 is 73.2. The number of pyridine rings is 1. The van der Waals surface area contributed by atoms with Gasteiger partial charge in [0.25, 0.3) is 5.92 Å². The molecule has 3 atom stereocenters. The molecule has 0 saturated carbocycles. The number of anilines is 2. The Labute approximate surface area is 258 Å². The van der Waals surface area contributed by atoms with Crippen LogP contribution in [-0.2, 0) is 18.0 Å². The van der Waals surface area contributed by atoms with E-state index >= 15 is 4.39 Å². The maximum absolute atomic E-state index is 17.1. The second-order valence-corrected chi connectivity index (χ2v) is 13.1. The fourth-order valence-corrected chi connectivity index (χ4v) is 8.30. The van der Waals surface area contributed by atoms with Crippen LogP contribution in [0.3, 0.4) is 0 Å². The summed E-state index contributed by atoms with van der Waals surface area (Å²) in [6.07, 6.45) is 2.52. The highest BCUT2D eigenvalue weighted by molar-refractivity contribution is 7.23. The number of thiophene rings is 1. The van der Waals surface area contributed by atoms with Crippen molar-refractivity contribution in [3.63, 3.8) is 0 Å². The van der Waals surface area contributed by atoms with Crippen molar-refractivity contribution < 1.29 is 27.0 Å². The minimum absolute atomic E-state index is 0.00978. The highest BCUT2D eigenvalue weighted by atomic mass is 32.1. The Kier molecular flexibility index (Phi) is 6.58. The molecular weight excluding hydrogens is 612 g/mol. The van der Waals surface area contributed by atoms with E-state index in [1.165, 1.54) is 4.90 Å². The van der Waals surface area contributed by atoms with Gasteiger partial charge >= 0.3 is 6.01 Å². The molecular formula is C30H28F4N8O2S. The van der Waals surface area contributed by atoms with Crippen LogP contribution in [0.25, 0.3) is 32.2 Å². The molecule has 45 heavy (non-hydrogen) atoms. The lowest BCUT2D eigenvalue weighted by Crippen LogP contribution is -2.52. The molecule has 0 radical (unpaired) electrons. The minimum atomic E-state index is -2.96. The number of nitrogens with one attached hydrogen (secondary N) is 1. The van der Waals surface area contributed by atoms with Crippen molar-refractivity contribution in [1.82, 2.24) is 25.2 Å². The number of nitrogens with zero attached hydrogens (tertiary/aromatic N) is 6. The first-order valence-corrected chi connectivity index (χ1v) is 15.6. The third-order valence-corrected chi connectivity index (χ3v) is 10.6. The van der Waals surface area contributed by atoms with E-state index in [9.17, 15) is 18.4 Å². The molecule has 4 aliphatic rings. The lowest BCUT2D eigenvalue weighted by molar-refractivity contribution is -0.0442. The molecule has 0 aliphatic carbocycles. The number of hydrogen-bond donors (Lipinski definition) is 2. The number of piperazine rings is 1. The van der Waals surface area contributed by atoms with Gasteiger partial charge in [-0.25, -0.2) is 17.6 Å². The molecule has 1 aromatic carbocycles. The van der Waals surface area contributed by atoms with Gasteiger partial charge in [0, 0.05) is 49.1 Å². The Morgan fingerprint density at radius 3 is 2.64 bits per heavy atom. The van der Waals surface area contributed by atoms with Gasteiger partial charge in [0.1, 0.15) is 35.1 Å². The van der Waals surface area contributed by atoms with E-state index in [1.54, 1.807) is 7.05 Å². The average molecular weight is 641 g/mol. The lowest BCUT2D eigenvalue weighted by Gasteiger charge is -2.37. The van der Waals surface area contributed by atoms with Crippen LogP contribution in [0.5, 0.6) is 6.01 Å². The minimum Gasteiger partial charge on any atom is -0.461 e. The Morgan fingerprint density at radius 1 is 1.18 bits per heavy atom. The van der Waals surface area contributed by atoms with Crippen molar-refractivity contribution in [1.29, 1.82) is 5.26 Å². The number of likely N-dealkylation sites (tertiary alicyclic amines) is 1. The van der Waals surface area contributed by atoms with Crippen LogP contribution in [0.4, 0.5) is 28.4 Å². The van der Waals surface area contributed by atoms with Gasteiger partial charge in [0.15, 0.2) is 11.6 Å². The van der Waals surface area contributed by atoms with Crippen LogP contribution in [0.15, 0.2) is 6.20 Å². The zero-order valence-corrected chi connectivity index (χ0v) is 25.0. The molecule has 8 rings (SSSR count). The van der Waals surface area contributed by atoms with E-state index in [0.29, 0.717) is 35.4 Å². The maximum Gasteiger partial charge on any atom is 0.319 e. The predicted octanol–water partition coefficient (Wildman–Crippen LogP) is 4.33. The van der Waals surface area contributed by atoms with Gasteiger partial charge in [0.2, 0.25) is 0 Å². The summed E-state index contributed by atoms with van der Waals surface area (Å²) in [5, 5.41) is 14.0. The number of nitrogens with two attached hydrogens (primary N) is 1. The number of benzene rings is 1. The van der Waals surface area contributed by atoms with Crippen molar-refractivity contribution in [2.75, 3.05) is 43.9 Å². The predicted molar refractivity (Wildman–Crippen MR) is 159 cm³/mol. The normalized spacial score (nSPS) is 24.1. The standard InChI is InChI=1S/C30H28F4N8O2S/c1-41-5-4-30(33,34)19(41)12-44-29-39-25-22(28(40-29)42-13-2-3-14(42)8-37-7-13)17-11-43-10-16(17)20(23(25)32)24-21-15(6-35)27(36)45-26(21)18(31)9-38-24/h9,13-14,19,37H,2-5,7-8,10-12,36H2,1H3. The first kappa shape index (κ1) is 28.6. The Bertz CT molecular complexity index is 1910. The number of nitriles is 1. The SMILES string of the molecule is CN1CCC(F)(F)C1COc1nc(N2C3CCC2CNC3)c2c3c(c(-c4ncc(F)c5sc(N)c(C#N)c45)c(F)c2n1)COC3. The van der Waals surface area contributed by atoms with E-state index in [1.807, 2.05) is 6.07 Å². The zero-order valence-electron chi connectivity index (χ0n) is 24.2. The summed E-state index contributed by atoms with van der Waals surface area (Å²) in [7, 11) is 1.61. The molecule has 3 N–H and O–H groups in total. The van der Waals surface area contributed by atoms with E-state index in [-0.39, 0.29) is 88.3 Å². The van der Waals surface area contributed by atoms with Crippen LogP contribution in [0.2, 0.25) is 0 Å². The van der Waals surface area contributed by atoms with Crippen LogP contribution in [0.1, 0.15) is 36.0 Å². The summed E-state index contributed by atoms with van der Waals surface area (Å²) in [4.78, 5) is 17.2. The summed E-state index contributed by atoms with van der Waals surface area (Å²) in [6, 6.07) is 0.788. The highest BCUT2D eigenvalue weighted by Crippen LogP contribution is 2.48. The van der Waals surface area contributed by atoms with Gasteiger partial charge in [-0.15, -0.1) is 11.3 Å². The Balaban J connectivity index is 1.37. The Morgan fingerprint density at radius 2 is 1.93 bits per heavy atom. The number of aromatic nitrogens is 3. The largest absolute Gasteiger partial charge is 0.461 e. The zero-order chi connectivity index (χ0) is 31.2. The molecule has 3 saturated heterocycles. The smallest absolute Gasteiger partial charge is 0.319 e. The third-order valence-electron chi connectivity index (χ3n) is 9.61. The average Bonchev–Trinajstić information content (AvgIpc) is 3.75. The molecule has 0 amide bonds. The molecule has 0 spiro atoms. The van der Waals surface area contributed by atoms with E-state index in [0.717, 1.165) is 30.4 Å². The molecule has 3 unspecified atom stereocenters. The molecule has 15 heteroatoms. The lowest BCUT2D eigenvalue weighted by atomic mass is 9.93. The fraction of sp³-hybridized carbons (Fsp3) is 0.467. The molecule has 4 aliphatic heterocycles. The highest BCUT2D eigenvalue weighted by Gasteiger charge is 2.48. The van der Waals surface area contributed by atoms with Crippen LogP contribution in [0, 0.1) is 23.0 Å². The van der Waals surface area contributed by atoms with Crippen molar-refractivity contribution in [3.05, 3.63) is 34.5 Å². The maximum atomic E-state index is 17.1. The summed E-state index contributed by atoms with van der Waals surface area (Å²) >= 11 is 0.894. The number of halogens is 4. The van der Waals surface area contributed by atoms with Crippen LogP contribution < -0.4 is 20.7 Å². The number of hydrogen-bond acceptors (Lipinski definition) is 11. The van der Waals surface area contributed by atoms with Crippen molar-refractivity contribution >= 4 is 43.1 Å². The quantitative estimate of drug-likeness (QED) is 0.305. The molecule has 234 valence electrons. The van der Waals surface area contributed by atoms with Crippen molar-refractivity contribution in [2.45, 2.75) is 56.5 Å². The van der Waals surface area contributed by atoms with Crippen molar-refractivity contribution in [2.24, 2.45) is 0 Å². The number of fused-ring (bicyclic) bond motifs is 6. The first-order chi connectivity index (χ1) is 21.7. The van der Waals surface area contributed by atoms with Gasteiger partial charge in [-0.3, -0.25) is 9.88 Å². The second-order valence-electron chi connectivity index (χ2n) is 12.1. The van der Waals surface area contributed by atoms with E-state index in [4.69, 9.17) is 20.2 Å². The van der Waals surface area contributed by atoms with Crippen molar-refractivity contribution in [3.8, 4) is 23.3 Å².